The van der Waals surface area contributed by atoms with Crippen LogP contribution in [0.3, 0.4) is 0 Å². The normalized spacial score (nSPS) is 13.8. The number of nitrogens with zero attached hydrogens (tertiary/aromatic N) is 1. The lowest BCUT2D eigenvalue weighted by atomic mass is 10.0. The Hall–Kier alpha value is -2.20. The van der Waals surface area contributed by atoms with E-state index in [-0.39, 0.29) is 6.17 Å². The summed E-state index contributed by atoms with van der Waals surface area (Å²) in [5.74, 6) is 0. The van der Waals surface area contributed by atoms with Gasteiger partial charge < -0.3 is 5.73 Å². The number of hydrogen-bond acceptors (Lipinski definition) is 3. The van der Waals surface area contributed by atoms with Crippen molar-refractivity contribution in [2.24, 2.45) is 5.73 Å². The zero-order chi connectivity index (χ0) is 19.2. The number of aryl methyl sites for hydroxylation is 1. The van der Waals surface area contributed by atoms with Gasteiger partial charge >= 0.3 is 0 Å². The Morgan fingerprint density at radius 3 is 2.26 bits per heavy atom. The molecule has 2 unspecified atom stereocenters. The summed E-state index contributed by atoms with van der Waals surface area (Å²) < 4.78 is 0. The van der Waals surface area contributed by atoms with E-state index in [0.717, 1.165) is 25.2 Å². The highest BCUT2D eigenvalue weighted by Gasteiger charge is 2.19. The van der Waals surface area contributed by atoms with Crippen molar-refractivity contribution in [3.8, 4) is 0 Å². The number of nitrogens with two attached hydrogens (primary N) is 1. The van der Waals surface area contributed by atoms with Gasteiger partial charge in [0.2, 0.25) is 0 Å². The molecule has 0 aliphatic carbocycles. The second kappa shape index (κ2) is 9.14. The summed E-state index contributed by atoms with van der Waals surface area (Å²) in [6, 6.07) is 23.9. The molecule has 3 N–H and O–H groups in total. The molecular formula is C24H31N3. The maximum absolute atomic E-state index is 6.57. The van der Waals surface area contributed by atoms with Gasteiger partial charge in [0.15, 0.2) is 0 Å². The fourth-order valence-electron chi connectivity index (χ4n) is 3.78. The summed E-state index contributed by atoms with van der Waals surface area (Å²) in [5.41, 5.74) is 10.3. The molecule has 2 atom stereocenters. The number of rotatable bonds is 8. The lowest BCUT2D eigenvalue weighted by Crippen LogP contribution is -2.39. The SMILES string of the molecule is CCN(CC)C(CNC(N)c1cccc2ccccc12)c1ccc(C)cc1. The van der Waals surface area contributed by atoms with Crippen molar-refractivity contribution in [2.45, 2.75) is 33.0 Å². The Labute approximate surface area is 163 Å². The molecular weight excluding hydrogens is 330 g/mol. The van der Waals surface area contributed by atoms with Crippen LogP contribution in [-0.4, -0.2) is 24.5 Å². The first-order valence-electron chi connectivity index (χ1n) is 9.91. The Morgan fingerprint density at radius 2 is 1.56 bits per heavy atom. The minimum absolute atomic E-state index is 0.195. The van der Waals surface area contributed by atoms with Gasteiger partial charge in [-0.2, -0.15) is 0 Å². The van der Waals surface area contributed by atoms with Crippen LogP contribution in [-0.2, 0) is 0 Å². The number of benzene rings is 3. The van der Waals surface area contributed by atoms with E-state index >= 15 is 0 Å². The van der Waals surface area contributed by atoms with Gasteiger partial charge in [0.1, 0.15) is 0 Å². The van der Waals surface area contributed by atoms with Crippen LogP contribution in [0.15, 0.2) is 66.7 Å². The predicted octanol–water partition coefficient (Wildman–Crippen LogP) is 4.78. The average Bonchev–Trinajstić information content (AvgIpc) is 2.71. The van der Waals surface area contributed by atoms with Gasteiger partial charge in [-0.25, -0.2) is 0 Å². The lowest BCUT2D eigenvalue weighted by Gasteiger charge is -2.31. The zero-order valence-corrected chi connectivity index (χ0v) is 16.7. The van der Waals surface area contributed by atoms with E-state index < -0.39 is 0 Å². The molecule has 0 saturated carbocycles. The monoisotopic (exact) mass is 361 g/mol. The highest BCUT2D eigenvalue weighted by atomic mass is 15.2. The Balaban J connectivity index is 1.80. The second-order valence-corrected chi connectivity index (χ2v) is 7.10. The van der Waals surface area contributed by atoms with Crippen LogP contribution in [0.4, 0.5) is 0 Å². The molecule has 142 valence electrons. The third kappa shape index (κ3) is 4.56. The second-order valence-electron chi connectivity index (χ2n) is 7.10. The lowest BCUT2D eigenvalue weighted by molar-refractivity contribution is 0.209. The van der Waals surface area contributed by atoms with Crippen molar-refractivity contribution >= 4 is 10.8 Å². The number of nitrogens with one attached hydrogen (secondary N) is 1. The van der Waals surface area contributed by atoms with Crippen LogP contribution >= 0.6 is 0 Å². The minimum atomic E-state index is -0.195. The van der Waals surface area contributed by atoms with Crippen LogP contribution in [0, 0.1) is 6.92 Å². The van der Waals surface area contributed by atoms with E-state index in [1.807, 2.05) is 0 Å². The summed E-state index contributed by atoms with van der Waals surface area (Å²) in [5, 5.41) is 6.03. The molecule has 3 nitrogen and oxygen atoms in total. The Bertz CT molecular complexity index is 848. The summed E-state index contributed by atoms with van der Waals surface area (Å²) in [6.45, 7) is 9.41. The maximum atomic E-state index is 6.57. The molecule has 3 aromatic carbocycles. The van der Waals surface area contributed by atoms with Crippen molar-refractivity contribution in [2.75, 3.05) is 19.6 Å². The molecule has 0 aliphatic heterocycles. The van der Waals surface area contributed by atoms with E-state index in [4.69, 9.17) is 5.73 Å². The number of hydrogen-bond donors (Lipinski definition) is 2. The number of likely N-dealkylation sites (N-methyl/N-ethyl adjacent to an activating group) is 1. The first-order valence-corrected chi connectivity index (χ1v) is 9.91. The minimum Gasteiger partial charge on any atom is -0.312 e. The van der Waals surface area contributed by atoms with Gasteiger partial charge in [0, 0.05) is 12.6 Å². The summed E-state index contributed by atoms with van der Waals surface area (Å²) in [7, 11) is 0. The summed E-state index contributed by atoms with van der Waals surface area (Å²) >= 11 is 0. The van der Waals surface area contributed by atoms with E-state index in [1.165, 1.54) is 21.9 Å². The fourth-order valence-corrected chi connectivity index (χ4v) is 3.78. The largest absolute Gasteiger partial charge is 0.312 e. The average molecular weight is 362 g/mol. The van der Waals surface area contributed by atoms with Gasteiger partial charge in [-0.05, 0) is 41.9 Å². The van der Waals surface area contributed by atoms with Gasteiger partial charge in [-0.1, -0.05) is 86.1 Å². The Morgan fingerprint density at radius 1 is 0.889 bits per heavy atom. The molecule has 27 heavy (non-hydrogen) atoms. The van der Waals surface area contributed by atoms with Gasteiger partial charge in [0.05, 0.1) is 6.17 Å². The fraction of sp³-hybridized carbons (Fsp3) is 0.333. The van der Waals surface area contributed by atoms with Gasteiger partial charge in [-0.15, -0.1) is 0 Å². The molecule has 3 aromatic rings. The highest BCUT2D eigenvalue weighted by molar-refractivity contribution is 5.86. The van der Waals surface area contributed by atoms with Crippen molar-refractivity contribution in [3.05, 3.63) is 83.4 Å². The standard InChI is InChI=1S/C24H31N3/c1-4-27(5-2)23(20-15-13-18(3)14-16-20)17-26-24(25)22-12-8-10-19-9-6-7-11-21(19)22/h6-16,23-24,26H,4-5,17,25H2,1-3H3. The Kier molecular flexibility index (Phi) is 6.62. The van der Waals surface area contributed by atoms with Gasteiger partial charge in [-0.3, -0.25) is 10.2 Å². The molecule has 0 saturated heterocycles. The van der Waals surface area contributed by atoms with Crippen LogP contribution in [0.25, 0.3) is 10.8 Å². The first kappa shape index (κ1) is 19.6. The third-order valence-corrected chi connectivity index (χ3v) is 5.40. The van der Waals surface area contributed by atoms with E-state index in [0.29, 0.717) is 6.04 Å². The van der Waals surface area contributed by atoms with E-state index in [1.54, 1.807) is 0 Å². The predicted molar refractivity (Wildman–Crippen MR) is 116 cm³/mol. The molecule has 0 spiro atoms. The molecule has 0 amide bonds. The number of fused-ring (bicyclic) bond motifs is 1. The van der Waals surface area contributed by atoms with Crippen molar-refractivity contribution < 1.29 is 0 Å². The quantitative estimate of drug-likeness (QED) is 0.567. The topological polar surface area (TPSA) is 41.3 Å². The van der Waals surface area contributed by atoms with Crippen LogP contribution < -0.4 is 11.1 Å². The third-order valence-electron chi connectivity index (χ3n) is 5.40. The molecule has 0 heterocycles. The van der Waals surface area contributed by atoms with Crippen molar-refractivity contribution in [1.29, 1.82) is 0 Å². The molecule has 3 rings (SSSR count). The van der Waals surface area contributed by atoms with Crippen molar-refractivity contribution in [1.82, 2.24) is 10.2 Å². The van der Waals surface area contributed by atoms with Crippen LogP contribution in [0.2, 0.25) is 0 Å². The summed E-state index contributed by atoms with van der Waals surface area (Å²) in [4.78, 5) is 2.48. The first-order chi connectivity index (χ1) is 13.1. The molecule has 0 fully saturated rings. The zero-order valence-electron chi connectivity index (χ0n) is 16.7. The van der Waals surface area contributed by atoms with E-state index in [2.05, 4.69) is 97.7 Å². The maximum Gasteiger partial charge on any atom is 0.0816 e. The van der Waals surface area contributed by atoms with E-state index in [9.17, 15) is 0 Å². The van der Waals surface area contributed by atoms with Crippen LogP contribution in [0.1, 0.15) is 42.7 Å². The molecule has 0 aliphatic rings. The molecule has 0 bridgehead atoms. The smallest absolute Gasteiger partial charge is 0.0816 e. The van der Waals surface area contributed by atoms with Crippen LogP contribution in [0.5, 0.6) is 0 Å². The summed E-state index contributed by atoms with van der Waals surface area (Å²) in [6.07, 6.45) is -0.195. The molecule has 0 radical (unpaired) electrons. The molecule has 0 aromatic heterocycles. The molecule has 3 heteroatoms. The van der Waals surface area contributed by atoms with Gasteiger partial charge in [0.25, 0.3) is 0 Å². The highest BCUT2D eigenvalue weighted by Crippen LogP contribution is 2.24. The van der Waals surface area contributed by atoms with Crippen molar-refractivity contribution in [3.63, 3.8) is 0 Å².